The molecule has 3 rings (SSSR count). The fourth-order valence-electron chi connectivity index (χ4n) is 2.18. The Morgan fingerprint density at radius 3 is 2.70 bits per heavy atom. The number of ether oxygens (including phenoxy) is 2. The van der Waals surface area contributed by atoms with Gasteiger partial charge >= 0.3 is 0 Å². The molecule has 0 aliphatic rings. The van der Waals surface area contributed by atoms with Crippen molar-refractivity contribution in [3.8, 4) is 11.6 Å². The third-order valence-corrected chi connectivity index (χ3v) is 3.87. The van der Waals surface area contributed by atoms with Gasteiger partial charge in [0.25, 0.3) is 0 Å². The van der Waals surface area contributed by atoms with Crippen molar-refractivity contribution in [3.05, 3.63) is 53.8 Å². The lowest BCUT2D eigenvalue weighted by Gasteiger charge is -2.10. The van der Waals surface area contributed by atoms with Crippen LogP contribution < -0.4 is 9.47 Å². The molecule has 0 saturated heterocycles. The number of aromatic nitrogens is 2. The molecule has 0 radical (unpaired) electrons. The van der Waals surface area contributed by atoms with Gasteiger partial charge in [0.2, 0.25) is 5.88 Å². The van der Waals surface area contributed by atoms with Gasteiger partial charge in [-0.05, 0) is 36.1 Å². The number of rotatable bonds is 5. The molecule has 0 aliphatic heterocycles. The molecule has 0 unspecified atom stereocenters. The molecule has 0 saturated carbocycles. The zero-order valence-electron chi connectivity index (χ0n) is 12.7. The van der Waals surface area contributed by atoms with Crippen molar-refractivity contribution in [3.63, 3.8) is 0 Å². The van der Waals surface area contributed by atoms with E-state index in [1.165, 1.54) is 24.9 Å². The van der Waals surface area contributed by atoms with Gasteiger partial charge in [-0.25, -0.2) is 9.37 Å². The molecule has 118 valence electrons. The predicted molar refractivity (Wildman–Crippen MR) is 88.6 cm³/mol. The highest BCUT2D eigenvalue weighted by atomic mass is 32.2. The summed E-state index contributed by atoms with van der Waals surface area (Å²) in [6.45, 7) is 0.218. The van der Waals surface area contributed by atoms with Gasteiger partial charge < -0.3 is 9.47 Å². The summed E-state index contributed by atoms with van der Waals surface area (Å²) in [6.07, 6.45) is 1.91. The van der Waals surface area contributed by atoms with Crippen molar-refractivity contribution < 1.29 is 13.9 Å². The van der Waals surface area contributed by atoms with Crippen molar-refractivity contribution in [1.29, 1.82) is 0 Å². The molecule has 0 bridgehead atoms. The first-order valence-corrected chi connectivity index (χ1v) is 8.19. The van der Waals surface area contributed by atoms with E-state index in [1.807, 2.05) is 30.5 Å². The summed E-state index contributed by atoms with van der Waals surface area (Å²) in [5, 5.41) is 1.47. The summed E-state index contributed by atoms with van der Waals surface area (Å²) in [5.74, 6) is 0.299. The van der Waals surface area contributed by atoms with Crippen LogP contribution in [-0.4, -0.2) is 23.3 Å². The van der Waals surface area contributed by atoms with Gasteiger partial charge in [0.05, 0.1) is 18.0 Å². The second-order valence-corrected chi connectivity index (χ2v) is 5.56. The number of hydrogen-bond donors (Lipinski definition) is 0. The van der Waals surface area contributed by atoms with E-state index >= 15 is 0 Å². The van der Waals surface area contributed by atoms with Crippen molar-refractivity contribution in [2.75, 3.05) is 13.4 Å². The van der Waals surface area contributed by atoms with E-state index in [-0.39, 0.29) is 12.4 Å². The summed E-state index contributed by atoms with van der Waals surface area (Å²) in [4.78, 5) is 8.84. The van der Waals surface area contributed by atoms with Crippen LogP contribution in [0.15, 0.2) is 47.6 Å². The lowest BCUT2D eigenvalue weighted by Crippen LogP contribution is -2.01. The number of para-hydroxylation sites is 1. The first kappa shape index (κ1) is 15.6. The third-order valence-electron chi connectivity index (χ3n) is 3.32. The van der Waals surface area contributed by atoms with Gasteiger partial charge in [-0.15, -0.1) is 0 Å². The molecule has 3 aromatic rings. The minimum atomic E-state index is -0.411. The molecule has 0 amide bonds. The fraction of sp³-hybridized carbons (Fsp3) is 0.176. The average Bonchev–Trinajstić information content (AvgIpc) is 2.59. The number of halogens is 1. The first-order valence-electron chi connectivity index (χ1n) is 6.97. The summed E-state index contributed by atoms with van der Waals surface area (Å²) in [6, 6.07) is 12.4. The smallest absolute Gasteiger partial charge is 0.225 e. The monoisotopic (exact) mass is 330 g/mol. The number of methoxy groups -OCH3 is 1. The molecule has 1 aromatic heterocycles. The Morgan fingerprint density at radius 2 is 1.96 bits per heavy atom. The SMILES string of the molecule is COc1ccc(COc2nc(SC)nc3ccccc23)cc1F. The number of fused-ring (bicyclic) bond motifs is 1. The molecule has 0 spiro atoms. The van der Waals surface area contributed by atoms with Crippen molar-refractivity contribution >= 4 is 22.7 Å². The largest absolute Gasteiger partial charge is 0.494 e. The van der Waals surface area contributed by atoms with Gasteiger partial charge in [0.15, 0.2) is 16.7 Å². The van der Waals surface area contributed by atoms with Crippen molar-refractivity contribution in [2.45, 2.75) is 11.8 Å². The molecule has 2 aromatic carbocycles. The van der Waals surface area contributed by atoms with E-state index < -0.39 is 5.82 Å². The van der Waals surface area contributed by atoms with Gasteiger partial charge in [-0.2, -0.15) is 4.98 Å². The Labute approximate surface area is 137 Å². The average molecular weight is 330 g/mol. The number of benzene rings is 2. The highest BCUT2D eigenvalue weighted by Crippen LogP contribution is 2.26. The normalized spacial score (nSPS) is 10.7. The maximum absolute atomic E-state index is 13.7. The maximum Gasteiger partial charge on any atom is 0.225 e. The molecule has 1 heterocycles. The van der Waals surface area contributed by atoms with E-state index in [4.69, 9.17) is 9.47 Å². The van der Waals surface area contributed by atoms with Crippen LogP contribution in [0, 0.1) is 5.82 Å². The highest BCUT2D eigenvalue weighted by Gasteiger charge is 2.09. The highest BCUT2D eigenvalue weighted by molar-refractivity contribution is 7.98. The summed E-state index contributed by atoms with van der Waals surface area (Å²) < 4.78 is 24.5. The van der Waals surface area contributed by atoms with Gasteiger partial charge in [-0.1, -0.05) is 30.0 Å². The predicted octanol–water partition coefficient (Wildman–Crippen LogP) is 4.08. The minimum Gasteiger partial charge on any atom is -0.494 e. The molecule has 0 N–H and O–H groups in total. The molecule has 0 atom stereocenters. The zero-order valence-corrected chi connectivity index (χ0v) is 13.6. The summed E-state index contributed by atoms with van der Waals surface area (Å²) in [7, 11) is 1.44. The van der Waals surface area contributed by atoms with Crippen molar-refractivity contribution in [1.82, 2.24) is 9.97 Å². The second-order valence-electron chi connectivity index (χ2n) is 4.79. The van der Waals surface area contributed by atoms with Crippen molar-refractivity contribution in [2.24, 2.45) is 0 Å². The van der Waals surface area contributed by atoms with Crippen LogP contribution in [0.25, 0.3) is 10.9 Å². The Hall–Kier alpha value is -2.34. The Balaban J connectivity index is 1.88. The van der Waals surface area contributed by atoms with Gasteiger partial charge in [-0.3, -0.25) is 0 Å². The summed E-state index contributed by atoms with van der Waals surface area (Å²) in [5.41, 5.74) is 1.53. The van der Waals surface area contributed by atoms with Crippen LogP contribution in [0.2, 0.25) is 0 Å². The minimum absolute atomic E-state index is 0.214. The lowest BCUT2D eigenvalue weighted by atomic mass is 10.2. The third kappa shape index (κ3) is 3.37. The molecule has 4 nitrogen and oxygen atoms in total. The Morgan fingerprint density at radius 1 is 1.13 bits per heavy atom. The number of nitrogens with zero attached hydrogens (tertiary/aromatic N) is 2. The molecule has 0 fully saturated rings. The van der Waals surface area contributed by atoms with Gasteiger partial charge in [0, 0.05) is 0 Å². The number of thioether (sulfide) groups is 1. The van der Waals surface area contributed by atoms with Crippen LogP contribution in [-0.2, 0) is 6.61 Å². The fourth-order valence-corrected chi connectivity index (χ4v) is 2.54. The Bertz CT molecular complexity index is 842. The van der Waals surface area contributed by atoms with E-state index in [0.717, 1.165) is 10.9 Å². The topological polar surface area (TPSA) is 44.2 Å². The van der Waals surface area contributed by atoms with Gasteiger partial charge in [0.1, 0.15) is 6.61 Å². The van der Waals surface area contributed by atoms with E-state index in [9.17, 15) is 4.39 Å². The Kier molecular flexibility index (Phi) is 4.62. The maximum atomic E-state index is 13.7. The molecule has 6 heteroatoms. The van der Waals surface area contributed by atoms with Crippen LogP contribution >= 0.6 is 11.8 Å². The standard InChI is InChI=1S/C17H15FN2O2S/c1-21-15-8-7-11(9-13(15)18)10-22-16-12-5-3-4-6-14(12)19-17(20-16)23-2/h3-9H,10H2,1-2H3. The van der Waals surface area contributed by atoms with Crippen LogP contribution in [0.5, 0.6) is 11.6 Å². The second kappa shape index (κ2) is 6.83. The molecule has 23 heavy (non-hydrogen) atoms. The lowest BCUT2D eigenvalue weighted by molar-refractivity contribution is 0.294. The van der Waals surface area contributed by atoms with E-state index in [2.05, 4.69) is 9.97 Å². The molecule has 0 aliphatic carbocycles. The van der Waals surface area contributed by atoms with E-state index in [0.29, 0.717) is 16.6 Å². The summed E-state index contributed by atoms with van der Waals surface area (Å²) >= 11 is 1.45. The van der Waals surface area contributed by atoms with Crippen LogP contribution in [0.1, 0.15) is 5.56 Å². The van der Waals surface area contributed by atoms with E-state index in [1.54, 1.807) is 12.1 Å². The molecular formula is C17H15FN2O2S. The number of hydrogen-bond acceptors (Lipinski definition) is 5. The first-order chi connectivity index (χ1) is 11.2. The quantitative estimate of drug-likeness (QED) is 0.521. The molecular weight excluding hydrogens is 315 g/mol. The van der Waals surface area contributed by atoms with Crippen LogP contribution in [0.4, 0.5) is 4.39 Å². The van der Waals surface area contributed by atoms with Crippen LogP contribution in [0.3, 0.4) is 0 Å². The zero-order chi connectivity index (χ0) is 16.2.